The molecule has 0 spiro atoms. The predicted molar refractivity (Wildman–Crippen MR) is 90.3 cm³/mol. The van der Waals surface area contributed by atoms with E-state index in [4.69, 9.17) is 16.7 Å². The Balaban J connectivity index is 2.38. The number of halogens is 1. The Morgan fingerprint density at radius 1 is 1.04 bits per heavy atom. The number of hydrogen-bond acceptors (Lipinski definition) is 5. The van der Waals surface area contributed by atoms with E-state index in [1.807, 2.05) is 0 Å². The minimum Gasteiger partial charge on any atom is -0.322 e. The van der Waals surface area contributed by atoms with Crippen molar-refractivity contribution in [3.05, 3.63) is 53.1 Å². The Labute approximate surface area is 144 Å². The van der Waals surface area contributed by atoms with Crippen molar-refractivity contribution in [1.82, 2.24) is 0 Å². The number of nitrogens with two attached hydrogens (primary N) is 1. The monoisotopic (exact) mass is 388 g/mol. The summed E-state index contributed by atoms with van der Waals surface area (Å²) < 4.78 is 45.8. The zero-order chi connectivity index (χ0) is 18.1. The first kappa shape index (κ1) is 18.4. The molecule has 10 heteroatoms. The van der Waals surface area contributed by atoms with Crippen molar-refractivity contribution in [3.8, 4) is 0 Å². The van der Waals surface area contributed by atoms with Crippen LogP contribution in [-0.2, 0) is 19.9 Å². The molecule has 0 aliphatic rings. The molecule has 2 rings (SSSR count). The Bertz CT molecular complexity index is 1020. The zero-order valence-corrected chi connectivity index (χ0v) is 14.7. The van der Waals surface area contributed by atoms with Crippen LogP contribution >= 0.6 is 11.6 Å². The summed E-state index contributed by atoms with van der Waals surface area (Å²) in [6.07, 6.45) is 1.01. The molecule has 0 heterocycles. The van der Waals surface area contributed by atoms with Gasteiger partial charge in [-0.1, -0.05) is 17.7 Å². The van der Waals surface area contributed by atoms with Gasteiger partial charge >= 0.3 is 0 Å². The second-order valence-corrected chi connectivity index (χ2v) is 8.93. The van der Waals surface area contributed by atoms with Crippen molar-refractivity contribution in [1.29, 1.82) is 0 Å². The number of benzene rings is 2. The van der Waals surface area contributed by atoms with Crippen LogP contribution in [0.15, 0.2) is 52.3 Å². The van der Waals surface area contributed by atoms with Gasteiger partial charge in [-0.25, -0.2) is 22.0 Å². The SMILES string of the molecule is CS(=O)(=O)c1ccc(Cl)c(C(=O)Nc2cccc(S(N)(=O)=O)c2)c1. The Morgan fingerprint density at radius 2 is 1.71 bits per heavy atom. The maximum Gasteiger partial charge on any atom is 0.257 e. The number of anilines is 1. The summed E-state index contributed by atoms with van der Waals surface area (Å²) in [6, 6.07) is 9.06. The molecular weight excluding hydrogens is 376 g/mol. The molecular formula is C14H13ClN2O5S2. The number of sulfonamides is 1. The van der Waals surface area contributed by atoms with Crippen molar-refractivity contribution < 1.29 is 21.6 Å². The van der Waals surface area contributed by atoms with Crippen LogP contribution in [0, 0.1) is 0 Å². The second kappa shape index (κ2) is 6.52. The first-order valence-electron chi connectivity index (χ1n) is 6.42. The molecule has 0 fully saturated rings. The molecule has 0 saturated carbocycles. The van der Waals surface area contributed by atoms with E-state index < -0.39 is 25.8 Å². The summed E-state index contributed by atoms with van der Waals surface area (Å²) in [5, 5.41) is 7.54. The minimum absolute atomic E-state index is 0.0550. The first-order chi connectivity index (χ1) is 11.0. The zero-order valence-electron chi connectivity index (χ0n) is 12.4. The highest BCUT2D eigenvalue weighted by Crippen LogP contribution is 2.22. The Kier molecular flexibility index (Phi) is 5.00. The van der Waals surface area contributed by atoms with E-state index in [0.717, 1.165) is 12.3 Å². The predicted octanol–water partition coefficient (Wildman–Crippen LogP) is 1.64. The van der Waals surface area contributed by atoms with Gasteiger partial charge in [0.15, 0.2) is 9.84 Å². The fourth-order valence-electron chi connectivity index (χ4n) is 1.86. The van der Waals surface area contributed by atoms with E-state index >= 15 is 0 Å². The van der Waals surface area contributed by atoms with E-state index in [0.29, 0.717) is 0 Å². The van der Waals surface area contributed by atoms with Gasteiger partial charge in [0, 0.05) is 11.9 Å². The lowest BCUT2D eigenvalue weighted by atomic mass is 10.2. The lowest BCUT2D eigenvalue weighted by molar-refractivity contribution is 0.102. The summed E-state index contributed by atoms with van der Waals surface area (Å²) in [4.78, 5) is 12.1. The van der Waals surface area contributed by atoms with Crippen LogP contribution in [0.4, 0.5) is 5.69 Å². The van der Waals surface area contributed by atoms with Crippen LogP contribution in [0.3, 0.4) is 0 Å². The fraction of sp³-hybridized carbons (Fsp3) is 0.0714. The standard InChI is InChI=1S/C14H13ClN2O5S2/c1-23(19,20)10-5-6-13(15)12(8-10)14(18)17-9-3-2-4-11(7-9)24(16,21)22/h2-8H,1H3,(H,17,18)(H2,16,21,22). The van der Waals surface area contributed by atoms with Crippen LogP contribution in [0.1, 0.15) is 10.4 Å². The number of sulfone groups is 1. The Morgan fingerprint density at radius 3 is 2.29 bits per heavy atom. The third-order valence-corrected chi connectivity index (χ3v) is 5.38. The minimum atomic E-state index is -3.92. The molecule has 0 aliphatic heterocycles. The molecule has 0 aromatic heterocycles. The lowest BCUT2D eigenvalue weighted by Crippen LogP contribution is -2.15. The fourth-order valence-corrected chi connectivity index (χ4v) is 3.27. The van der Waals surface area contributed by atoms with E-state index in [9.17, 15) is 21.6 Å². The normalized spacial score (nSPS) is 12.0. The van der Waals surface area contributed by atoms with Gasteiger partial charge in [0.25, 0.3) is 5.91 Å². The molecule has 0 unspecified atom stereocenters. The highest BCUT2D eigenvalue weighted by molar-refractivity contribution is 7.90. The highest BCUT2D eigenvalue weighted by atomic mass is 35.5. The highest BCUT2D eigenvalue weighted by Gasteiger charge is 2.16. The number of hydrogen-bond donors (Lipinski definition) is 2. The molecule has 0 saturated heterocycles. The van der Waals surface area contributed by atoms with Gasteiger partial charge in [-0.05, 0) is 36.4 Å². The number of primary sulfonamides is 1. The van der Waals surface area contributed by atoms with Gasteiger partial charge in [-0.3, -0.25) is 4.79 Å². The number of carbonyl (C=O) groups excluding carboxylic acids is 1. The molecule has 2 aromatic rings. The molecule has 128 valence electrons. The molecule has 0 bridgehead atoms. The second-order valence-electron chi connectivity index (χ2n) is 4.94. The van der Waals surface area contributed by atoms with Gasteiger partial charge in [-0.2, -0.15) is 0 Å². The number of nitrogens with one attached hydrogen (secondary N) is 1. The quantitative estimate of drug-likeness (QED) is 0.824. The number of rotatable bonds is 4. The van der Waals surface area contributed by atoms with E-state index in [2.05, 4.69) is 5.32 Å². The maximum absolute atomic E-state index is 12.3. The molecule has 0 radical (unpaired) electrons. The van der Waals surface area contributed by atoms with Gasteiger partial charge in [0.2, 0.25) is 10.0 Å². The Hall–Kier alpha value is -1.94. The summed E-state index contributed by atoms with van der Waals surface area (Å²) in [5.41, 5.74) is 0.118. The first-order valence-corrected chi connectivity index (χ1v) is 10.2. The van der Waals surface area contributed by atoms with Gasteiger partial charge in [0.05, 0.1) is 20.4 Å². The third-order valence-electron chi connectivity index (χ3n) is 3.03. The topological polar surface area (TPSA) is 123 Å². The average Bonchev–Trinajstić information content (AvgIpc) is 2.45. The summed E-state index contributed by atoms with van der Waals surface area (Å²) in [7, 11) is -7.43. The van der Waals surface area contributed by atoms with E-state index in [1.165, 1.54) is 36.4 Å². The van der Waals surface area contributed by atoms with Crippen molar-refractivity contribution in [2.45, 2.75) is 9.79 Å². The maximum atomic E-state index is 12.3. The van der Waals surface area contributed by atoms with Gasteiger partial charge in [0.1, 0.15) is 0 Å². The van der Waals surface area contributed by atoms with Crippen LogP contribution < -0.4 is 10.5 Å². The number of carbonyl (C=O) groups is 1. The van der Waals surface area contributed by atoms with Crippen molar-refractivity contribution >= 4 is 43.1 Å². The lowest BCUT2D eigenvalue weighted by Gasteiger charge is -2.09. The van der Waals surface area contributed by atoms with E-state index in [1.54, 1.807) is 0 Å². The average molecular weight is 389 g/mol. The molecule has 1 amide bonds. The summed E-state index contributed by atoms with van der Waals surface area (Å²) in [5.74, 6) is -0.683. The largest absolute Gasteiger partial charge is 0.322 e. The summed E-state index contributed by atoms with van der Waals surface area (Å²) >= 11 is 5.94. The van der Waals surface area contributed by atoms with Gasteiger partial charge < -0.3 is 5.32 Å². The molecule has 2 aromatic carbocycles. The smallest absolute Gasteiger partial charge is 0.257 e. The van der Waals surface area contributed by atoms with Crippen molar-refractivity contribution in [2.24, 2.45) is 5.14 Å². The van der Waals surface area contributed by atoms with E-state index in [-0.39, 0.29) is 26.1 Å². The van der Waals surface area contributed by atoms with Crippen LogP contribution in [0.5, 0.6) is 0 Å². The third kappa shape index (κ3) is 4.32. The van der Waals surface area contributed by atoms with Crippen molar-refractivity contribution in [2.75, 3.05) is 11.6 Å². The van der Waals surface area contributed by atoms with Gasteiger partial charge in [-0.15, -0.1) is 0 Å². The molecule has 0 aliphatic carbocycles. The molecule has 0 atom stereocenters. The molecule has 3 N–H and O–H groups in total. The van der Waals surface area contributed by atoms with Crippen molar-refractivity contribution in [3.63, 3.8) is 0 Å². The van der Waals surface area contributed by atoms with Crippen LogP contribution in [-0.4, -0.2) is 29.0 Å². The molecule has 7 nitrogen and oxygen atoms in total. The van der Waals surface area contributed by atoms with Crippen LogP contribution in [0.25, 0.3) is 0 Å². The molecule has 24 heavy (non-hydrogen) atoms. The van der Waals surface area contributed by atoms with Crippen LogP contribution in [0.2, 0.25) is 5.02 Å². The number of amides is 1. The summed E-state index contributed by atoms with van der Waals surface area (Å²) in [6.45, 7) is 0.